The van der Waals surface area contributed by atoms with Crippen LogP contribution in [-0.2, 0) is 17.5 Å². The third-order valence-corrected chi connectivity index (χ3v) is 5.93. The van der Waals surface area contributed by atoms with Gasteiger partial charge in [-0.1, -0.05) is 53.5 Å². The zero-order valence-electron chi connectivity index (χ0n) is 18.1. The molecule has 2 N–H and O–H groups in total. The second-order valence-electron chi connectivity index (χ2n) is 7.70. The normalized spacial score (nSPS) is 11.8. The molecule has 0 spiro atoms. The molecule has 10 heteroatoms. The van der Waals surface area contributed by atoms with Gasteiger partial charge in [0.2, 0.25) is 0 Å². The largest absolute Gasteiger partial charge is 0.416 e. The summed E-state index contributed by atoms with van der Waals surface area (Å²) in [6, 6.07) is 17.8. The van der Waals surface area contributed by atoms with E-state index in [-0.39, 0.29) is 12.2 Å². The van der Waals surface area contributed by atoms with Crippen molar-refractivity contribution in [2.24, 2.45) is 5.10 Å². The van der Waals surface area contributed by atoms with Gasteiger partial charge >= 0.3 is 6.18 Å². The molecular weight excluding hydrogens is 500 g/mol. The Morgan fingerprint density at radius 3 is 2.57 bits per heavy atom. The average Bonchev–Trinajstić information content (AvgIpc) is 3.17. The number of hydrazone groups is 1. The van der Waals surface area contributed by atoms with Crippen molar-refractivity contribution in [2.75, 3.05) is 11.9 Å². The lowest BCUT2D eigenvalue weighted by Gasteiger charge is -2.09. The fraction of sp³-hybridized carbons (Fsp3) is 0.120. The molecule has 0 aliphatic heterocycles. The number of halogens is 5. The number of hydrogen-bond acceptors (Lipinski definition) is 3. The zero-order chi connectivity index (χ0) is 25.0. The van der Waals surface area contributed by atoms with Crippen molar-refractivity contribution in [1.29, 1.82) is 0 Å². The molecule has 4 rings (SSSR count). The van der Waals surface area contributed by atoms with Gasteiger partial charge in [-0.25, -0.2) is 5.43 Å². The van der Waals surface area contributed by atoms with Gasteiger partial charge < -0.3 is 9.88 Å². The van der Waals surface area contributed by atoms with Crippen LogP contribution in [-0.4, -0.2) is 23.2 Å². The maximum atomic E-state index is 12.8. The summed E-state index contributed by atoms with van der Waals surface area (Å²) in [5.41, 5.74) is 4.50. The molecule has 35 heavy (non-hydrogen) atoms. The standard InChI is InChI=1S/C25H19Cl2F3N4O/c26-21-9-8-16(10-22(21)27)14-34-15-17(20-6-1-2-7-23(20)34)12-32-33-24(35)13-31-19-5-3-4-18(11-19)25(28,29)30/h1-12,15,31H,13-14H2,(H,33,35)/b32-12-. The first kappa shape index (κ1) is 24.6. The number of fused-ring (bicyclic) bond motifs is 1. The van der Waals surface area contributed by atoms with E-state index < -0.39 is 17.6 Å². The van der Waals surface area contributed by atoms with E-state index >= 15 is 0 Å². The molecule has 0 aliphatic carbocycles. The minimum atomic E-state index is -4.46. The van der Waals surface area contributed by atoms with Crippen LogP contribution in [0, 0.1) is 0 Å². The Hall–Kier alpha value is -3.49. The quantitative estimate of drug-likeness (QED) is 0.214. The van der Waals surface area contributed by atoms with Crippen molar-refractivity contribution in [3.63, 3.8) is 0 Å². The second-order valence-corrected chi connectivity index (χ2v) is 8.52. The van der Waals surface area contributed by atoms with E-state index in [2.05, 4.69) is 15.8 Å². The second kappa shape index (κ2) is 10.4. The molecule has 0 bridgehead atoms. The van der Waals surface area contributed by atoms with E-state index in [1.807, 2.05) is 47.2 Å². The first-order valence-corrected chi connectivity index (χ1v) is 11.2. The molecule has 0 saturated heterocycles. The van der Waals surface area contributed by atoms with Gasteiger partial charge in [-0.2, -0.15) is 18.3 Å². The number of amides is 1. The highest BCUT2D eigenvalue weighted by Crippen LogP contribution is 2.30. The van der Waals surface area contributed by atoms with Crippen LogP contribution < -0.4 is 10.7 Å². The molecule has 0 saturated carbocycles. The molecule has 0 unspecified atom stereocenters. The van der Waals surface area contributed by atoms with E-state index in [1.165, 1.54) is 18.3 Å². The maximum absolute atomic E-state index is 12.8. The van der Waals surface area contributed by atoms with Gasteiger partial charge in [-0.3, -0.25) is 4.79 Å². The van der Waals surface area contributed by atoms with Crippen LogP contribution >= 0.6 is 23.2 Å². The number of nitrogens with zero attached hydrogens (tertiary/aromatic N) is 2. The summed E-state index contributed by atoms with van der Waals surface area (Å²) < 4.78 is 40.5. The Kier molecular flexibility index (Phi) is 7.33. The fourth-order valence-electron chi connectivity index (χ4n) is 3.54. The molecule has 4 aromatic rings. The average molecular weight is 519 g/mol. The fourth-order valence-corrected chi connectivity index (χ4v) is 3.87. The minimum absolute atomic E-state index is 0.185. The number of carbonyl (C=O) groups excluding carboxylic acids is 1. The number of hydrogen-bond donors (Lipinski definition) is 2. The number of para-hydroxylation sites is 1. The summed E-state index contributed by atoms with van der Waals surface area (Å²) in [6.07, 6.45) is -1.02. The monoisotopic (exact) mass is 518 g/mol. The zero-order valence-corrected chi connectivity index (χ0v) is 19.6. The number of nitrogens with one attached hydrogen (secondary N) is 2. The van der Waals surface area contributed by atoms with Crippen LogP contribution in [0.1, 0.15) is 16.7 Å². The molecule has 0 fully saturated rings. The van der Waals surface area contributed by atoms with Gasteiger partial charge in [-0.15, -0.1) is 0 Å². The van der Waals surface area contributed by atoms with Crippen molar-refractivity contribution in [3.8, 4) is 0 Å². The SMILES string of the molecule is O=C(CNc1cccc(C(F)(F)F)c1)N/N=C\c1cn(Cc2ccc(Cl)c(Cl)c2)c2ccccc12. The minimum Gasteiger partial charge on any atom is -0.376 e. The van der Waals surface area contributed by atoms with Crippen LogP contribution in [0.2, 0.25) is 10.0 Å². The molecule has 1 aromatic heterocycles. The van der Waals surface area contributed by atoms with Crippen LogP contribution in [0.25, 0.3) is 10.9 Å². The number of carbonyl (C=O) groups is 1. The highest BCUT2D eigenvalue weighted by atomic mass is 35.5. The Morgan fingerprint density at radius 2 is 1.80 bits per heavy atom. The summed E-state index contributed by atoms with van der Waals surface area (Å²) in [7, 11) is 0. The van der Waals surface area contributed by atoms with Gasteiger partial charge in [0, 0.05) is 34.9 Å². The number of rotatable bonds is 7. The number of aromatic nitrogens is 1. The van der Waals surface area contributed by atoms with Crippen molar-refractivity contribution in [2.45, 2.75) is 12.7 Å². The first-order valence-electron chi connectivity index (χ1n) is 10.5. The first-order chi connectivity index (χ1) is 16.7. The van der Waals surface area contributed by atoms with E-state index in [4.69, 9.17) is 23.2 Å². The predicted octanol–water partition coefficient (Wildman–Crippen LogP) is 6.58. The number of alkyl halides is 3. The lowest BCUT2D eigenvalue weighted by molar-refractivity contribution is -0.137. The lowest BCUT2D eigenvalue weighted by Crippen LogP contribution is -2.26. The van der Waals surface area contributed by atoms with Gasteiger partial charge in [0.05, 0.1) is 28.4 Å². The van der Waals surface area contributed by atoms with Crippen LogP contribution in [0.4, 0.5) is 18.9 Å². The van der Waals surface area contributed by atoms with E-state index in [0.29, 0.717) is 16.6 Å². The molecular formula is C25H19Cl2F3N4O. The van der Waals surface area contributed by atoms with Crippen molar-refractivity contribution >= 4 is 51.9 Å². The molecule has 0 aliphatic rings. The molecule has 1 heterocycles. The molecule has 180 valence electrons. The van der Waals surface area contributed by atoms with Crippen LogP contribution in [0.15, 0.2) is 78.0 Å². The molecule has 0 radical (unpaired) electrons. The van der Waals surface area contributed by atoms with Crippen LogP contribution in [0.3, 0.4) is 0 Å². The van der Waals surface area contributed by atoms with Crippen molar-refractivity contribution in [3.05, 3.63) is 99.7 Å². The van der Waals surface area contributed by atoms with E-state index in [1.54, 1.807) is 6.07 Å². The van der Waals surface area contributed by atoms with Crippen molar-refractivity contribution < 1.29 is 18.0 Å². The molecule has 5 nitrogen and oxygen atoms in total. The van der Waals surface area contributed by atoms with E-state index in [0.717, 1.165) is 34.2 Å². The Morgan fingerprint density at radius 1 is 1.00 bits per heavy atom. The number of anilines is 1. The Labute approximate surface area is 209 Å². The lowest BCUT2D eigenvalue weighted by atomic mass is 10.2. The van der Waals surface area contributed by atoms with Gasteiger partial charge in [-0.05, 0) is 42.0 Å². The summed E-state index contributed by atoms with van der Waals surface area (Å²) in [5, 5.41) is 8.57. The summed E-state index contributed by atoms with van der Waals surface area (Å²) >= 11 is 12.1. The highest BCUT2D eigenvalue weighted by molar-refractivity contribution is 6.42. The molecule has 3 aromatic carbocycles. The predicted molar refractivity (Wildman–Crippen MR) is 133 cm³/mol. The van der Waals surface area contributed by atoms with Gasteiger partial charge in [0.15, 0.2) is 0 Å². The topological polar surface area (TPSA) is 58.4 Å². The smallest absolute Gasteiger partial charge is 0.376 e. The van der Waals surface area contributed by atoms with Crippen LogP contribution in [0.5, 0.6) is 0 Å². The highest BCUT2D eigenvalue weighted by Gasteiger charge is 2.30. The Bertz CT molecular complexity index is 1400. The van der Waals surface area contributed by atoms with Gasteiger partial charge in [0.25, 0.3) is 5.91 Å². The summed E-state index contributed by atoms with van der Waals surface area (Å²) in [4.78, 5) is 12.1. The Balaban J connectivity index is 1.42. The summed E-state index contributed by atoms with van der Waals surface area (Å²) in [5.74, 6) is -0.502. The maximum Gasteiger partial charge on any atom is 0.416 e. The number of benzene rings is 3. The molecule has 0 atom stereocenters. The molecule has 1 amide bonds. The van der Waals surface area contributed by atoms with Crippen molar-refractivity contribution in [1.82, 2.24) is 9.99 Å². The van der Waals surface area contributed by atoms with Gasteiger partial charge in [0.1, 0.15) is 0 Å². The third kappa shape index (κ3) is 6.15. The third-order valence-electron chi connectivity index (χ3n) is 5.19. The summed E-state index contributed by atoms with van der Waals surface area (Å²) in [6.45, 7) is 0.316. The van der Waals surface area contributed by atoms with E-state index in [9.17, 15) is 18.0 Å².